The number of hydrazone groups is 1. The first-order chi connectivity index (χ1) is 11.7. The summed E-state index contributed by atoms with van der Waals surface area (Å²) in [6.45, 7) is 2.45. The van der Waals surface area contributed by atoms with E-state index in [1.165, 1.54) is 5.39 Å². The minimum Gasteiger partial charge on any atom is -0.455 e. The third kappa shape index (κ3) is 2.67. The quantitative estimate of drug-likeness (QED) is 0.592. The van der Waals surface area contributed by atoms with Gasteiger partial charge < -0.3 is 9.15 Å². The van der Waals surface area contributed by atoms with E-state index in [1.807, 2.05) is 37.3 Å². The minimum absolute atomic E-state index is 0.201. The smallest absolute Gasteiger partial charge is 0.269 e. The number of furan rings is 1. The Labute approximate surface area is 139 Å². The fourth-order valence-corrected chi connectivity index (χ4v) is 3.02. The van der Waals surface area contributed by atoms with Gasteiger partial charge in [0.2, 0.25) is 0 Å². The van der Waals surface area contributed by atoms with E-state index in [1.54, 1.807) is 0 Å². The summed E-state index contributed by atoms with van der Waals surface area (Å²) in [6, 6.07) is 14.1. The van der Waals surface area contributed by atoms with E-state index >= 15 is 0 Å². The predicted octanol–water partition coefficient (Wildman–Crippen LogP) is 3.61. The van der Waals surface area contributed by atoms with E-state index in [0.717, 1.165) is 29.2 Å². The van der Waals surface area contributed by atoms with E-state index in [9.17, 15) is 4.79 Å². The van der Waals surface area contributed by atoms with Gasteiger partial charge in [-0.05, 0) is 42.7 Å². The molecule has 1 fully saturated rings. The van der Waals surface area contributed by atoms with Gasteiger partial charge in [-0.3, -0.25) is 4.79 Å². The average Bonchev–Trinajstić information content (AvgIpc) is 3.28. The Morgan fingerprint density at radius 3 is 2.92 bits per heavy atom. The van der Waals surface area contributed by atoms with Crippen LogP contribution in [0.5, 0.6) is 0 Å². The highest BCUT2D eigenvalue weighted by molar-refractivity contribution is 6.09. The predicted molar refractivity (Wildman–Crippen MR) is 93.0 cm³/mol. The fourth-order valence-electron chi connectivity index (χ4n) is 3.02. The van der Waals surface area contributed by atoms with Crippen molar-refractivity contribution < 1.29 is 13.9 Å². The van der Waals surface area contributed by atoms with Crippen LogP contribution in [-0.4, -0.2) is 24.3 Å². The van der Waals surface area contributed by atoms with E-state index < -0.39 is 0 Å². The van der Waals surface area contributed by atoms with Gasteiger partial charge in [-0.1, -0.05) is 30.3 Å². The Morgan fingerprint density at radius 2 is 2.08 bits per heavy atom. The molecule has 0 saturated carbocycles. The SMILES string of the molecule is CC(=NNC(=O)C1CCCO1)c1cc2c(ccc3ccccc32)o1. The minimum atomic E-state index is -0.388. The molecule has 0 bridgehead atoms. The molecule has 1 saturated heterocycles. The van der Waals surface area contributed by atoms with Crippen LogP contribution < -0.4 is 5.43 Å². The topological polar surface area (TPSA) is 63.8 Å². The second kappa shape index (κ2) is 6.09. The summed E-state index contributed by atoms with van der Waals surface area (Å²) >= 11 is 0. The summed E-state index contributed by atoms with van der Waals surface area (Å²) in [5, 5.41) is 7.51. The van der Waals surface area contributed by atoms with Gasteiger partial charge in [-0.2, -0.15) is 5.10 Å². The third-order valence-electron chi connectivity index (χ3n) is 4.34. The summed E-state index contributed by atoms with van der Waals surface area (Å²) in [5.74, 6) is 0.447. The van der Waals surface area contributed by atoms with Gasteiger partial charge >= 0.3 is 0 Å². The van der Waals surface area contributed by atoms with Crippen molar-refractivity contribution >= 4 is 33.4 Å². The van der Waals surface area contributed by atoms with Gasteiger partial charge in [0.25, 0.3) is 5.91 Å². The molecule has 2 heterocycles. The maximum absolute atomic E-state index is 12.0. The van der Waals surface area contributed by atoms with E-state index in [2.05, 4.69) is 22.7 Å². The normalized spacial score (nSPS) is 18.4. The van der Waals surface area contributed by atoms with Crippen LogP contribution in [0.3, 0.4) is 0 Å². The zero-order chi connectivity index (χ0) is 16.5. The Kier molecular flexibility index (Phi) is 3.78. The van der Waals surface area contributed by atoms with Gasteiger partial charge in [-0.25, -0.2) is 5.43 Å². The number of nitrogens with zero attached hydrogens (tertiary/aromatic N) is 1. The van der Waals surface area contributed by atoms with Crippen molar-refractivity contribution in [2.45, 2.75) is 25.9 Å². The van der Waals surface area contributed by atoms with Gasteiger partial charge in [0.15, 0.2) is 5.76 Å². The zero-order valence-corrected chi connectivity index (χ0v) is 13.4. The summed E-state index contributed by atoms with van der Waals surface area (Å²) in [5.41, 5.74) is 4.00. The van der Waals surface area contributed by atoms with Crippen molar-refractivity contribution in [2.24, 2.45) is 5.10 Å². The van der Waals surface area contributed by atoms with Crippen molar-refractivity contribution in [3.05, 3.63) is 48.2 Å². The number of fused-ring (bicyclic) bond motifs is 3. The van der Waals surface area contributed by atoms with Gasteiger partial charge in [0.1, 0.15) is 17.4 Å². The molecule has 122 valence electrons. The number of amides is 1. The number of nitrogens with one attached hydrogen (secondary N) is 1. The van der Waals surface area contributed by atoms with Crippen molar-refractivity contribution in [3.8, 4) is 0 Å². The molecule has 5 nitrogen and oxygen atoms in total. The molecule has 1 aliphatic rings. The highest BCUT2D eigenvalue weighted by Crippen LogP contribution is 2.28. The molecule has 0 aliphatic carbocycles. The first-order valence-electron chi connectivity index (χ1n) is 8.10. The van der Waals surface area contributed by atoms with Crippen molar-refractivity contribution in [1.82, 2.24) is 5.43 Å². The molecule has 2 aromatic carbocycles. The second-order valence-electron chi connectivity index (χ2n) is 5.98. The third-order valence-corrected chi connectivity index (χ3v) is 4.34. The monoisotopic (exact) mass is 322 g/mol. The lowest BCUT2D eigenvalue weighted by molar-refractivity contribution is -0.130. The van der Waals surface area contributed by atoms with Crippen LogP contribution in [0.1, 0.15) is 25.5 Å². The Hall–Kier alpha value is -2.66. The largest absolute Gasteiger partial charge is 0.455 e. The average molecular weight is 322 g/mol. The van der Waals surface area contributed by atoms with Crippen molar-refractivity contribution in [2.75, 3.05) is 6.61 Å². The lowest BCUT2D eigenvalue weighted by Gasteiger charge is -2.06. The highest BCUT2D eigenvalue weighted by atomic mass is 16.5. The Morgan fingerprint density at radius 1 is 1.21 bits per heavy atom. The highest BCUT2D eigenvalue weighted by Gasteiger charge is 2.23. The molecule has 1 aromatic heterocycles. The number of hydrogen-bond acceptors (Lipinski definition) is 4. The molecule has 4 rings (SSSR count). The van der Waals surface area contributed by atoms with Gasteiger partial charge in [0, 0.05) is 12.0 Å². The molecular weight excluding hydrogens is 304 g/mol. The lowest BCUT2D eigenvalue weighted by atomic mass is 10.1. The zero-order valence-electron chi connectivity index (χ0n) is 13.4. The summed E-state index contributed by atoms with van der Waals surface area (Å²) in [4.78, 5) is 12.0. The fraction of sp³-hybridized carbons (Fsp3) is 0.263. The van der Waals surface area contributed by atoms with Crippen LogP contribution >= 0.6 is 0 Å². The number of benzene rings is 2. The molecule has 0 spiro atoms. The molecule has 5 heteroatoms. The van der Waals surface area contributed by atoms with E-state index in [-0.39, 0.29) is 12.0 Å². The number of ether oxygens (including phenoxy) is 1. The summed E-state index contributed by atoms with van der Waals surface area (Å²) in [6.07, 6.45) is 1.27. The number of hydrogen-bond donors (Lipinski definition) is 1. The molecular formula is C19H18N2O3. The van der Waals surface area contributed by atoms with Gasteiger partial charge in [0.05, 0.1) is 0 Å². The summed E-state index contributed by atoms with van der Waals surface area (Å²) in [7, 11) is 0. The van der Waals surface area contributed by atoms with Crippen LogP contribution in [-0.2, 0) is 9.53 Å². The maximum atomic E-state index is 12.0. The molecule has 0 radical (unpaired) electrons. The van der Waals surface area contributed by atoms with Crippen LogP contribution in [0, 0.1) is 0 Å². The molecule has 1 N–H and O–H groups in total. The van der Waals surface area contributed by atoms with Crippen LogP contribution in [0.2, 0.25) is 0 Å². The molecule has 1 unspecified atom stereocenters. The number of carbonyl (C=O) groups is 1. The Bertz CT molecular complexity index is 936. The first kappa shape index (κ1) is 14.9. The lowest BCUT2D eigenvalue weighted by Crippen LogP contribution is -2.31. The maximum Gasteiger partial charge on any atom is 0.269 e. The first-order valence-corrected chi connectivity index (χ1v) is 8.10. The van der Waals surface area contributed by atoms with Crippen LogP contribution in [0.15, 0.2) is 52.0 Å². The van der Waals surface area contributed by atoms with E-state index in [0.29, 0.717) is 18.1 Å². The van der Waals surface area contributed by atoms with Crippen LogP contribution in [0.25, 0.3) is 21.7 Å². The summed E-state index contributed by atoms with van der Waals surface area (Å²) < 4.78 is 11.2. The van der Waals surface area contributed by atoms with Crippen molar-refractivity contribution in [1.29, 1.82) is 0 Å². The second-order valence-corrected chi connectivity index (χ2v) is 5.98. The Balaban J connectivity index is 1.62. The van der Waals surface area contributed by atoms with Gasteiger partial charge in [-0.15, -0.1) is 0 Å². The standard InChI is InChI=1S/C19H18N2O3/c1-12(20-21-19(22)17-7-4-10-23-17)18-11-15-14-6-3-2-5-13(14)8-9-16(15)24-18/h2-3,5-6,8-9,11,17H,4,7,10H2,1H3,(H,21,22). The number of carbonyl (C=O) groups excluding carboxylic acids is 1. The molecule has 24 heavy (non-hydrogen) atoms. The molecule has 3 aromatic rings. The van der Waals surface area contributed by atoms with Crippen LogP contribution in [0.4, 0.5) is 0 Å². The number of rotatable bonds is 3. The molecule has 1 amide bonds. The van der Waals surface area contributed by atoms with Crippen molar-refractivity contribution in [3.63, 3.8) is 0 Å². The molecule has 1 aliphatic heterocycles. The van der Waals surface area contributed by atoms with E-state index in [4.69, 9.17) is 9.15 Å². The molecule has 1 atom stereocenters.